The number of methoxy groups -OCH3 is 3. The molecule has 0 aliphatic heterocycles. The van der Waals surface area contributed by atoms with Crippen molar-refractivity contribution in [3.8, 4) is 17.2 Å². The average molecular weight is 202 g/mol. The lowest BCUT2D eigenvalue weighted by Gasteiger charge is -2.11. The normalized spacial score (nSPS) is 9.54. The minimum atomic E-state index is 0.445. The fourth-order valence-corrected chi connectivity index (χ4v) is 1.22. The zero-order chi connectivity index (χ0) is 9.84. The van der Waals surface area contributed by atoms with Crippen LogP contribution < -0.4 is 14.2 Å². The lowest BCUT2D eigenvalue weighted by molar-refractivity contribution is 0.324. The third-order valence-electron chi connectivity index (χ3n) is 1.57. The SMILES string of the molecule is COc1[c]cc(Cl)c(OC)c1OC. The molecule has 0 unspecified atom stereocenters. The van der Waals surface area contributed by atoms with Gasteiger partial charge in [-0.05, 0) is 6.07 Å². The van der Waals surface area contributed by atoms with E-state index in [-0.39, 0.29) is 0 Å². The Labute approximate surface area is 82.2 Å². The monoisotopic (exact) mass is 201 g/mol. The summed E-state index contributed by atoms with van der Waals surface area (Å²) >= 11 is 5.85. The molecule has 1 aromatic carbocycles. The number of ether oxygens (including phenoxy) is 3. The minimum Gasteiger partial charge on any atom is -0.492 e. The summed E-state index contributed by atoms with van der Waals surface area (Å²) in [5, 5.41) is 0.445. The molecule has 0 heterocycles. The predicted molar refractivity (Wildman–Crippen MR) is 49.9 cm³/mol. The van der Waals surface area contributed by atoms with Gasteiger partial charge < -0.3 is 14.2 Å². The van der Waals surface area contributed by atoms with Crippen molar-refractivity contribution in [1.82, 2.24) is 0 Å². The van der Waals surface area contributed by atoms with E-state index in [1.54, 1.807) is 6.07 Å². The van der Waals surface area contributed by atoms with E-state index < -0.39 is 0 Å². The Morgan fingerprint density at radius 3 is 2.15 bits per heavy atom. The third-order valence-corrected chi connectivity index (χ3v) is 1.85. The molecule has 13 heavy (non-hydrogen) atoms. The lowest BCUT2D eigenvalue weighted by atomic mass is 10.3. The van der Waals surface area contributed by atoms with Crippen LogP contribution in [0.2, 0.25) is 5.02 Å². The summed E-state index contributed by atoms with van der Waals surface area (Å²) in [7, 11) is 4.56. The Bertz CT molecular complexity index is 299. The summed E-state index contributed by atoms with van der Waals surface area (Å²) in [4.78, 5) is 0. The Morgan fingerprint density at radius 1 is 1.08 bits per heavy atom. The molecular formula is C9H10ClO3. The van der Waals surface area contributed by atoms with Crippen molar-refractivity contribution in [2.45, 2.75) is 0 Å². The largest absolute Gasteiger partial charge is 0.492 e. The van der Waals surface area contributed by atoms with Gasteiger partial charge in [0.1, 0.15) is 0 Å². The minimum absolute atomic E-state index is 0.445. The highest BCUT2D eigenvalue weighted by Gasteiger charge is 2.14. The molecule has 4 heteroatoms. The fraction of sp³-hybridized carbons (Fsp3) is 0.333. The van der Waals surface area contributed by atoms with Crippen LogP contribution in [-0.2, 0) is 0 Å². The molecule has 0 saturated carbocycles. The molecule has 0 fully saturated rings. The van der Waals surface area contributed by atoms with E-state index in [4.69, 9.17) is 25.8 Å². The van der Waals surface area contributed by atoms with Crippen molar-refractivity contribution >= 4 is 11.6 Å². The maximum atomic E-state index is 5.85. The molecule has 0 aromatic heterocycles. The zero-order valence-electron chi connectivity index (χ0n) is 7.68. The van der Waals surface area contributed by atoms with Crippen LogP contribution in [0.25, 0.3) is 0 Å². The Morgan fingerprint density at radius 2 is 1.69 bits per heavy atom. The molecule has 1 radical (unpaired) electrons. The number of benzene rings is 1. The van der Waals surface area contributed by atoms with E-state index >= 15 is 0 Å². The van der Waals surface area contributed by atoms with Crippen molar-refractivity contribution in [3.63, 3.8) is 0 Å². The summed E-state index contributed by atoms with van der Waals surface area (Å²) < 4.78 is 15.1. The van der Waals surface area contributed by atoms with Gasteiger partial charge in [-0.15, -0.1) is 0 Å². The van der Waals surface area contributed by atoms with Crippen LogP contribution in [0.4, 0.5) is 0 Å². The van der Waals surface area contributed by atoms with Gasteiger partial charge in [0.15, 0.2) is 11.5 Å². The molecule has 1 rings (SSSR count). The second-order valence-electron chi connectivity index (χ2n) is 2.24. The Kier molecular flexibility index (Phi) is 3.25. The standard InChI is InChI=1S/C9H10ClO3/c1-11-7-5-4-6(10)8(12-2)9(7)13-3/h4H,1-3H3. The fourth-order valence-electron chi connectivity index (χ4n) is 0.999. The molecule has 0 N–H and O–H groups in total. The van der Waals surface area contributed by atoms with E-state index in [1.165, 1.54) is 21.3 Å². The first-order chi connectivity index (χ1) is 6.24. The van der Waals surface area contributed by atoms with E-state index in [0.29, 0.717) is 22.3 Å². The first kappa shape index (κ1) is 9.99. The second-order valence-corrected chi connectivity index (χ2v) is 2.64. The van der Waals surface area contributed by atoms with Crippen molar-refractivity contribution in [1.29, 1.82) is 0 Å². The predicted octanol–water partition coefficient (Wildman–Crippen LogP) is 2.17. The molecular weight excluding hydrogens is 192 g/mol. The smallest absolute Gasteiger partial charge is 0.205 e. The number of hydrogen-bond acceptors (Lipinski definition) is 3. The molecule has 0 amide bonds. The molecule has 1 aromatic rings. The number of hydrogen-bond donors (Lipinski definition) is 0. The lowest BCUT2D eigenvalue weighted by Crippen LogP contribution is -1.95. The van der Waals surface area contributed by atoms with Gasteiger partial charge in [-0.1, -0.05) is 11.6 Å². The van der Waals surface area contributed by atoms with Crippen LogP contribution in [0, 0.1) is 6.07 Å². The molecule has 0 atom stereocenters. The van der Waals surface area contributed by atoms with Gasteiger partial charge in [-0.25, -0.2) is 0 Å². The van der Waals surface area contributed by atoms with Gasteiger partial charge in [0.25, 0.3) is 0 Å². The first-order valence-electron chi connectivity index (χ1n) is 3.60. The van der Waals surface area contributed by atoms with E-state index in [2.05, 4.69) is 6.07 Å². The number of rotatable bonds is 3. The number of halogens is 1. The highest BCUT2D eigenvalue weighted by Crippen LogP contribution is 2.41. The van der Waals surface area contributed by atoms with Crippen molar-refractivity contribution < 1.29 is 14.2 Å². The Balaban J connectivity index is 3.27. The third kappa shape index (κ3) is 1.80. The zero-order valence-corrected chi connectivity index (χ0v) is 8.44. The molecule has 3 nitrogen and oxygen atoms in total. The summed E-state index contributed by atoms with van der Waals surface area (Å²) in [6.45, 7) is 0. The average Bonchev–Trinajstić information content (AvgIpc) is 2.17. The van der Waals surface area contributed by atoms with Gasteiger partial charge >= 0.3 is 0 Å². The van der Waals surface area contributed by atoms with Gasteiger partial charge in [-0.2, -0.15) is 0 Å². The van der Waals surface area contributed by atoms with E-state index in [9.17, 15) is 0 Å². The van der Waals surface area contributed by atoms with Crippen LogP contribution in [0.5, 0.6) is 17.2 Å². The first-order valence-corrected chi connectivity index (χ1v) is 3.98. The molecule has 0 spiro atoms. The van der Waals surface area contributed by atoms with Crippen LogP contribution in [0.15, 0.2) is 6.07 Å². The molecule has 0 aliphatic carbocycles. The summed E-state index contributed by atoms with van der Waals surface area (Å²) in [6.07, 6.45) is 0. The van der Waals surface area contributed by atoms with Crippen LogP contribution in [-0.4, -0.2) is 21.3 Å². The summed E-state index contributed by atoms with van der Waals surface area (Å²) in [6, 6.07) is 4.39. The van der Waals surface area contributed by atoms with Gasteiger partial charge in [0.05, 0.1) is 26.4 Å². The van der Waals surface area contributed by atoms with Gasteiger partial charge in [0, 0.05) is 6.07 Å². The molecule has 71 valence electrons. The summed E-state index contributed by atoms with van der Waals surface area (Å²) in [5.41, 5.74) is 0. The van der Waals surface area contributed by atoms with Crippen LogP contribution in [0.1, 0.15) is 0 Å². The van der Waals surface area contributed by atoms with Gasteiger partial charge in [-0.3, -0.25) is 0 Å². The second kappa shape index (κ2) is 4.23. The molecule has 0 aliphatic rings. The van der Waals surface area contributed by atoms with Crippen molar-refractivity contribution in [2.24, 2.45) is 0 Å². The quantitative estimate of drug-likeness (QED) is 0.750. The van der Waals surface area contributed by atoms with Crippen molar-refractivity contribution in [3.05, 3.63) is 17.2 Å². The highest BCUT2D eigenvalue weighted by molar-refractivity contribution is 6.32. The van der Waals surface area contributed by atoms with Crippen LogP contribution >= 0.6 is 11.6 Å². The van der Waals surface area contributed by atoms with E-state index in [0.717, 1.165) is 0 Å². The Hall–Kier alpha value is -1.09. The summed E-state index contributed by atoms with van der Waals surface area (Å²) in [5.74, 6) is 1.39. The topological polar surface area (TPSA) is 27.7 Å². The van der Waals surface area contributed by atoms with Crippen LogP contribution in [0.3, 0.4) is 0 Å². The van der Waals surface area contributed by atoms with Crippen molar-refractivity contribution in [2.75, 3.05) is 21.3 Å². The molecule has 0 bridgehead atoms. The maximum absolute atomic E-state index is 5.85. The maximum Gasteiger partial charge on any atom is 0.205 e. The van der Waals surface area contributed by atoms with Gasteiger partial charge in [0.2, 0.25) is 5.75 Å². The highest BCUT2D eigenvalue weighted by atomic mass is 35.5. The molecule has 0 saturated heterocycles. The van der Waals surface area contributed by atoms with E-state index in [1.807, 2.05) is 0 Å².